The van der Waals surface area contributed by atoms with Crippen molar-refractivity contribution in [3.8, 4) is 0 Å². The minimum atomic E-state index is 0.853. The zero-order valence-corrected chi connectivity index (χ0v) is 11.5. The molecule has 1 fully saturated rings. The average molecular weight is 246 g/mol. The van der Waals surface area contributed by atoms with Crippen LogP contribution in [0.5, 0.6) is 0 Å². The maximum Gasteiger partial charge on any atom is 0.0589 e. The number of nitrogens with one attached hydrogen (secondary N) is 1. The smallest absolute Gasteiger partial charge is 0.0589 e. The summed E-state index contributed by atoms with van der Waals surface area (Å²) in [5.74, 6) is 1.27. The van der Waals surface area contributed by atoms with E-state index < -0.39 is 0 Å². The van der Waals surface area contributed by atoms with Gasteiger partial charge in [0.05, 0.1) is 6.61 Å². The van der Waals surface area contributed by atoms with E-state index in [0.29, 0.717) is 0 Å². The Labute approximate surface area is 104 Å². The topological polar surface area (TPSA) is 24.5 Å². The molecule has 0 aromatic heterocycles. The summed E-state index contributed by atoms with van der Waals surface area (Å²) in [6.45, 7) is 8.90. The Bertz CT molecular complexity index is 163. The summed E-state index contributed by atoms with van der Waals surface area (Å²) in [5, 5.41) is 4.30. The van der Waals surface area contributed by atoms with Crippen LogP contribution in [0.2, 0.25) is 0 Å². The molecule has 1 N–H and O–H groups in total. The molecule has 1 rings (SSSR count). The van der Waals surface area contributed by atoms with Crippen LogP contribution in [0.25, 0.3) is 0 Å². The predicted octanol–water partition coefficient (Wildman–Crippen LogP) is 1.44. The monoisotopic (exact) mass is 246 g/mol. The summed E-state index contributed by atoms with van der Waals surface area (Å²) < 4.78 is 5.11. The molecule has 1 heterocycles. The van der Waals surface area contributed by atoms with Crippen LogP contribution in [-0.4, -0.2) is 62.3 Å². The summed E-state index contributed by atoms with van der Waals surface area (Å²) in [5.41, 5.74) is 0. The average Bonchev–Trinajstić information content (AvgIpc) is 2.35. The summed E-state index contributed by atoms with van der Waals surface area (Å²) in [7, 11) is 1.78. The van der Waals surface area contributed by atoms with E-state index in [4.69, 9.17) is 4.74 Å². The Kier molecular flexibility index (Phi) is 8.29. The van der Waals surface area contributed by atoms with Gasteiger partial charge in [0.1, 0.15) is 0 Å². The number of hydrogen-bond donors (Lipinski definition) is 1. The number of nitrogens with zero attached hydrogens (tertiary/aromatic N) is 1. The van der Waals surface area contributed by atoms with Crippen molar-refractivity contribution in [2.45, 2.75) is 25.0 Å². The summed E-state index contributed by atoms with van der Waals surface area (Å²) >= 11 is 2.15. The number of ether oxygens (including phenoxy) is 1. The number of likely N-dealkylation sites (N-methyl/N-ethyl adjacent to an activating group) is 1. The highest BCUT2D eigenvalue weighted by Gasteiger charge is 2.13. The van der Waals surface area contributed by atoms with Gasteiger partial charge in [-0.1, -0.05) is 6.92 Å². The summed E-state index contributed by atoms with van der Waals surface area (Å²) in [6, 6.07) is 0. The van der Waals surface area contributed by atoms with E-state index in [0.717, 1.165) is 24.9 Å². The second kappa shape index (κ2) is 9.28. The van der Waals surface area contributed by atoms with Crippen molar-refractivity contribution in [1.82, 2.24) is 10.2 Å². The molecule has 4 heteroatoms. The third-order valence-corrected chi connectivity index (χ3v) is 4.47. The van der Waals surface area contributed by atoms with Gasteiger partial charge in [-0.25, -0.2) is 0 Å². The van der Waals surface area contributed by atoms with E-state index in [1.807, 2.05) is 0 Å². The van der Waals surface area contributed by atoms with Gasteiger partial charge in [-0.2, -0.15) is 11.8 Å². The molecule has 1 aliphatic rings. The third-order valence-electron chi connectivity index (χ3n) is 3.11. The van der Waals surface area contributed by atoms with Crippen molar-refractivity contribution in [2.75, 3.05) is 52.2 Å². The third kappa shape index (κ3) is 6.09. The van der Waals surface area contributed by atoms with Gasteiger partial charge in [0.2, 0.25) is 0 Å². The number of methoxy groups -OCH3 is 1. The van der Waals surface area contributed by atoms with Crippen LogP contribution >= 0.6 is 11.8 Å². The Morgan fingerprint density at radius 2 is 2.06 bits per heavy atom. The van der Waals surface area contributed by atoms with Crippen LogP contribution in [0.15, 0.2) is 0 Å². The molecular formula is C12H26N2OS. The highest BCUT2D eigenvalue weighted by atomic mass is 32.2. The van der Waals surface area contributed by atoms with Gasteiger partial charge in [-0.15, -0.1) is 0 Å². The first-order valence-electron chi connectivity index (χ1n) is 6.40. The fraction of sp³-hybridized carbons (Fsp3) is 1.00. The highest BCUT2D eigenvalue weighted by Crippen LogP contribution is 2.19. The quantitative estimate of drug-likeness (QED) is 0.700. The molecule has 0 aliphatic carbocycles. The molecule has 1 saturated heterocycles. The lowest BCUT2D eigenvalue weighted by Gasteiger charge is -2.24. The van der Waals surface area contributed by atoms with E-state index >= 15 is 0 Å². The van der Waals surface area contributed by atoms with E-state index in [1.54, 1.807) is 7.11 Å². The first-order chi connectivity index (χ1) is 7.86. The molecule has 0 aromatic carbocycles. The maximum atomic E-state index is 5.11. The zero-order chi connectivity index (χ0) is 11.6. The van der Waals surface area contributed by atoms with Gasteiger partial charge in [0, 0.05) is 31.2 Å². The Hall–Kier alpha value is 0.230. The minimum absolute atomic E-state index is 0.853. The lowest BCUT2D eigenvalue weighted by molar-refractivity contribution is 0.154. The normalized spacial score (nSPS) is 18.2. The van der Waals surface area contributed by atoms with Crippen molar-refractivity contribution < 1.29 is 4.74 Å². The number of thioether (sulfide) groups is 1. The fourth-order valence-corrected chi connectivity index (χ4v) is 3.22. The van der Waals surface area contributed by atoms with Crippen LogP contribution in [0.1, 0.15) is 19.8 Å². The number of hydrogen-bond acceptors (Lipinski definition) is 4. The minimum Gasteiger partial charge on any atom is -0.383 e. The molecule has 1 aliphatic heterocycles. The van der Waals surface area contributed by atoms with Gasteiger partial charge in [0.15, 0.2) is 0 Å². The summed E-state index contributed by atoms with van der Waals surface area (Å²) in [6.07, 6.45) is 2.68. The largest absolute Gasteiger partial charge is 0.383 e. The molecule has 0 bridgehead atoms. The molecule has 0 amide bonds. The molecule has 3 nitrogen and oxygen atoms in total. The molecular weight excluding hydrogens is 220 g/mol. The number of rotatable bonds is 8. The summed E-state index contributed by atoms with van der Waals surface area (Å²) in [4.78, 5) is 2.47. The van der Waals surface area contributed by atoms with Crippen LogP contribution in [0, 0.1) is 0 Å². The van der Waals surface area contributed by atoms with Gasteiger partial charge in [-0.05, 0) is 32.5 Å². The second-order valence-corrected chi connectivity index (χ2v) is 5.66. The van der Waals surface area contributed by atoms with E-state index in [9.17, 15) is 0 Å². The molecule has 16 heavy (non-hydrogen) atoms. The van der Waals surface area contributed by atoms with E-state index in [1.165, 1.54) is 38.2 Å². The van der Waals surface area contributed by atoms with E-state index in [2.05, 4.69) is 28.9 Å². The standard InChI is InChI=1S/C12H26N2OS/c1-3-14(8-10-15-2)9-11-16-12-4-6-13-7-5-12/h12-13H,3-11H2,1-2H3. The SMILES string of the molecule is CCN(CCOC)CCSC1CCNCC1. The molecule has 0 aromatic rings. The van der Waals surface area contributed by atoms with Crippen LogP contribution in [-0.2, 0) is 4.74 Å². The predicted molar refractivity (Wildman–Crippen MR) is 72.3 cm³/mol. The van der Waals surface area contributed by atoms with Crippen molar-refractivity contribution in [3.63, 3.8) is 0 Å². The van der Waals surface area contributed by atoms with Crippen molar-refractivity contribution in [3.05, 3.63) is 0 Å². The van der Waals surface area contributed by atoms with Gasteiger partial charge in [0.25, 0.3) is 0 Å². The maximum absolute atomic E-state index is 5.11. The van der Waals surface area contributed by atoms with Crippen LogP contribution in [0.3, 0.4) is 0 Å². The van der Waals surface area contributed by atoms with Gasteiger partial charge < -0.3 is 15.0 Å². The van der Waals surface area contributed by atoms with Crippen molar-refractivity contribution in [2.24, 2.45) is 0 Å². The Morgan fingerprint density at radius 3 is 2.69 bits per heavy atom. The lowest BCUT2D eigenvalue weighted by atomic mass is 10.2. The fourth-order valence-electron chi connectivity index (χ4n) is 1.96. The Morgan fingerprint density at radius 1 is 1.31 bits per heavy atom. The van der Waals surface area contributed by atoms with Gasteiger partial charge >= 0.3 is 0 Å². The van der Waals surface area contributed by atoms with Crippen molar-refractivity contribution in [1.29, 1.82) is 0 Å². The second-order valence-electron chi connectivity index (χ2n) is 4.25. The molecule has 0 unspecified atom stereocenters. The first kappa shape index (κ1) is 14.3. The highest BCUT2D eigenvalue weighted by molar-refractivity contribution is 7.99. The van der Waals surface area contributed by atoms with Gasteiger partial charge in [-0.3, -0.25) is 0 Å². The Balaban J connectivity index is 2.02. The molecule has 0 radical (unpaired) electrons. The molecule has 0 atom stereocenters. The lowest BCUT2D eigenvalue weighted by Crippen LogP contribution is -2.32. The molecule has 96 valence electrons. The zero-order valence-electron chi connectivity index (χ0n) is 10.7. The van der Waals surface area contributed by atoms with Crippen molar-refractivity contribution >= 4 is 11.8 Å². The number of piperidine rings is 1. The molecule has 0 saturated carbocycles. The van der Waals surface area contributed by atoms with Crippen LogP contribution < -0.4 is 5.32 Å². The first-order valence-corrected chi connectivity index (χ1v) is 7.45. The van der Waals surface area contributed by atoms with Crippen LogP contribution in [0.4, 0.5) is 0 Å². The molecule has 0 spiro atoms. The van der Waals surface area contributed by atoms with E-state index in [-0.39, 0.29) is 0 Å².